The van der Waals surface area contributed by atoms with E-state index in [1.54, 1.807) is 6.20 Å². The molecule has 0 aliphatic heterocycles. The number of nitrogens with zero attached hydrogens (tertiary/aromatic N) is 5. The molecule has 0 spiro atoms. The molecule has 16 heavy (non-hydrogen) atoms. The maximum Gasteiger partial charge on any atom is 0.290 e. The second-order valence-corrected chi connectivity index (χ2v) is 2.99. The standard InChI is InChI=1S/C7H9N7O2/c8-1-4-2-14(13-11-4)3-5-10-7(6(9)15)12-16-5/h2H,1,3,8H2,(H2,9,15). The second-order valence-electron chi connectivity index (χ2n) is 2.99. The van der Waals surface area contributed by atoms with Crippen molar-refractivity contribution in [2.24, 2.45) is 11.5 Å². The Morgan fingerprint density at radius 3 is 2.94 bits per heavy atom. The minimum atomic E-state index is -0.740. The van der Waals surface area contributed by atoms with Crippen LogP contribution >= 0.6 is 0 Å². The van der Waals surface area contributed by atoms with Gasteiger partial charge in [-0.3, -0.25) is 4.79 Å². The molecule has 2 aromatic rings. The highest BCUT2D eigenvalue weighted by Crippen LogP contribution is 2.00. The van der Waals surface area contributed by atoms with E-state index in [9.17, 15) is 4.79 Å². The van der Waals surface area contributed by atoms with Crippen LogP contribution in [0.15, 0.2) is 10.7 Å². The first-order valence-corrected chi connectivity index (χ1v) is 4.40. The van der Waals surface area contributed by atoms with E-state index < -0.39 is 5.91 Å². The number of carbonyl (C=O) groups is 1. The van der Waals surface area contributed by atoms with Gasteiger partial charge in [-0.05, 0) is 0 Å². The zero-order valence-corrected chi connectivity index (χ0v) is 8.20. The Balaban J connectivity index is 2.11. The largest absolute Gasteiger partial charge is 0.363 e. The highest BCUT2D eigenvalue weighted by Gasteiger charge is 2.11. The van der Waals surface area contributed by atoms with Crippen LogP contribution in [0.5, 0.6) is 0 Å². The third-order valence-corrected chi connectivity index (χ3v) is 1.78. The van der Waals surface area contributed by atoms with Gasteiger partial charge in [-0.1, -0.05) is 10.4 Å². The predicted molar refractivity (Wildman–Crippen MR) is 49.8 cm³/mol. The van der Waals surface area contributed by atoms with Gasteiger partial charge >= 0.3 is 0 Å². The molecule has 0 fully saturated rings. The lowest BCUT2D eigenvalue weighted by molar-refractivity contribution is 0.0987. The van der Waals surface area contributed by atoms with Gasteiger partial charge in [-0.2, -0.15) is 4.98 Å². The zero-order valence-electron chi connectivity index (χ0n) is 8.20. The van der Waals surface area contributed by atoms with E-state index in [1.165, 1.54) is 4.68 Å². The molecule has 9 nitrogen and oxygen atoms in total. The first-order valence-electron chi connectivity index (χ1n) is 4.40. The van der Waals surface area contributed by atoms with Crippen molar-refractivity contribution in [3.8, 4) is 0 Å². The monoisotopic (exact) mass is 223 g/mol. The van der Waals surface area contributed by atoms with Crippen LogP contribution < -0.4 is 11.5 Å². The van der Waals surface area contributed by atoms with Gasteiger partial charge in [-0.25, -0.2) is 4.68 Å². The molecule has 2 heterocycles. The summed E-state index contributed by atoms with van der Waals surface area (Å²) in [6, 6.07) is 0. The van der Waals surface area contributed by atoms with Gasteiger partial charge in [0.25, 0.3) is 11.7 Å². The summed E-state index contributed by atoms with van der Waals surface area (Å²) in [5.74, 6) is -0.673. The van der Waals surface area contributed by atoms with E-state index in [-0.39, 0.29) is 18.3 Å². The molecule has 0 saturated carbocycles. The molecule has 0 saturated heterocycles. The molecule has 0 aromatic carbocycles. The number of aromatic nitrogens is 5. The maximum atomic E-state index is 10.7. The quantitative estimate of drug-likeness (QED) is 0.627. The van der Waals surface area contributed by atoms with Crippen LogP contribution in [0.1, 0.15) is 22.2 Å². The fourth-order valence-electron chi connectivity index (χ4n) is 1.07. The van der Waals surface area contributed by atoms with Crippen molar-refractivity contribution in [1.82, 2.24) is 25.1 Å². The van der Waals surface area contributed by atoms with Crippen LogP contribution in [0.25, 0.3) is 0 Å². The van der Waals surface area contributed by atoms with E-state index in [0.29, 0.717) is 12.2 Å². The predicted octanol–water partition coefficient (Wildman–Crippen LogP) is -1.73. The minimum Gasteiger partial charge on any atom is -0.363 e. The molecular weight excluding hydrogens is 214 g/mol. The summed E-state index contributed by atoms with van der Waals surface area (Å²) in [6.07, 6.45) is 1.65. The molecule has 4 N–H and O–H groups in total. The second kappa shape index (κ2) is 4.06. The molecule has 2 rings (SSSR count). The normalized spacial score (nSPS) is 10.6. The van der Waals surface area contributed by atoms with Crippen molar-refractivity contribution >= 4 is 5.91 Å². The molecule has 0 unspecified atom stereocenters. The topological polar surface area (TPSA) is 139 Å². The van der Waals surface area contributed by atoms with Crippen molar-refractivity contribution in [3.05, 3.63) is 23.6 Å². The molecule has 84 valence electrons. The average Bonchev–Trinajstić information content (AvgIpc) is 2.87. The van der Waals surface area contributed by atoms with Gasteiger partial charge in [0.2, 0.25) is 5.89 Å². The van der Waals surface area contributed by atoms with E-state index >= 15 is 0 Å². The first-order chi connectivity index (χ1) is 7.69. The Bertz CT molecular complexity index is 502. The fraction of sp³-hybridized carbons (Fsp3) is 0.286. The molecule has 2 aromatic heterocycles. The van der Waals surface area contributed by atoms with E-state index in [0.717, 1.165) is 0 Å². The summed E-state index contributed by atoms with van der Waals surface area (Å²) in [6.45, 7) is 0.518. The summed E-state index contributed by atoms with van der Waals surface area (Å²) < 4.78 is 6.26. The lowest BCUT2D eigenvalue weighted by Crippen LogP contribution is -2.13. The van der Waals surface area contributed by atoms with Crippen molar-refractivity contribution in [1.29, 1.82) is 0 Å². The Labute approximate surface area is 89.4 Å². The Morgan fingerprint density at radius 1 is 1.56 bits per heavy atom. The Morgan fingerprint density at radius 2 is 2.38 bits per heavy atom. The van der Waals surface area contributed by atoms with Gasteiger partial charge in [0.05, 0.1) is 11.9 Å². The number of amides is 1. The van der Waals surface area contributed by atoms with E-state index in [2.05, 4.69) is 20.5 Å². The highest BCUT2D eigenvalue weighted by molar-refractivity contribution is 5.88. The Hall–Kier alpha value is -2.29. The van der Waals surface area contributed by atoms with Crippen molar-refractivity contribution < 1.29 is 9.32 Å². The number of carbonyl (C=O) groups excluding carboxylic acids is 1. The summed E-state index contributed by atoms with van der Waals surface area (Å²) in [4.78, 5) is 14.5. The van der Waals surface area contributed by atoms with Gasteiger partial charge in [-0.15, -0.1) is 5.10 Å². The average molecular weight is 223 g/mol. The molecule has 0 radical (unpaired) electrons. The van der Waals surface area contributed by atoms with Crippen LogP contribution in [0, 0.1) is 0 Å². The zero-order chi connectivity index (χ0) is 11.5. The van der Waals surface area contributed by atoms with Crippen molar-refractivity contribution in [3.63, 3.8) is 0 Å². The summed E-state index contributed by atoms with van der Waals surface area (Å²) in [5.41, 5.74) is 11.0. The van der Waals surface area contributed by atoms with E-state index in [1.807, 2.05) is 0 Å². The summed E-state index contributed by atoms with van der Waals surface area (Å²) in [5, 5.41) is 11.0. The number of rotatable bonds is 4. The van der Waals surface area contributed by atoms with Crippen LogP contribution in [-0.2, 0) is 13.1 Å². The van der Waals surface area contributed by atoms with Gasteiger partial charge in [0, 0.05) is 6.54 Å². The van der Waals surface area contributed by atoms with Crippen LogP contribution in [0.3, 0.4) is 0 Å². The molecule has 9 heteroatoms. The number of primary amides is 1. The molecule has 0 aliphatic carbocycles. The first kappa shape index (κ1) is 10.2. The highest BCUT2D eigenvalue weighted by atomic mass is 16.5. The van der Waals surface area contributed by atoms with Gasteiger partial charge < -0.3 is 16.0 Å². The SMILES string of the molecule is NCc1cn(Cc2nc(C(N)=O)no2)nn1. The lowest BCUT2D eigenvalue weighted by Gasteiger charge is -1.91. The molecule has 1 amide bonds. The minimum absolute atomic E-state index is 0.158. The molecular formula is C7H9N7O2. The van der Waals surface area contributed by atoms with Crippen molar-refractivity contribution in [2.75, 3.05) is 0 Å². The smallest absolute Gasteiger partial charge is 0.290 e. The van der Waals surface area contributed by atoms with Gasteiger partial charge in [0.1, 0.15) is 6.54 Å². The van der Waals surface area contributed by atoms with Gasteiger partial charge in [0.15, 0.2) is 0 Å². The number of hydrogen-bond donors (Lipinski definition) is 2. The van der Waals surface area contributed by atoms with Crippen LogP contribution in [0.4, 0.5) is 0 Å². The Kier molecular flexibility index (Phi) is 2.60. The molecule has 0 atom stereocenters. The maximum absolute atomic E-state index is 10.7. The van der Waals surface area contributed by atoms with E-state index in [4.69, 9.17) is 16.0 Å². The summed E-state index contributed by atoms with van der Waals surface area (Å²) >= 11 is 0. The third-order valence-electron chi connectivity index (χ3n) is 1.78. The number of nitrogens with two attached hydrogens (primary N) is 2. The van der Waals surface area contributed by atoms with Crippen molar-refractivity contribution in [2.45, 2.75) is 13.1 Å². The molecule has 0 aliphatic rings. The third kappa shape index (κ3) is 2.03. The van der Waals surface area contributed by atoms with Crippen LogP contribution in [0.2, 0.25) is 0 Å². The molecule has 0 bridgehead atoms. The fourth-order valence-corrected chi connectivity index (χ4v) is 1.07. The summed E-state index contributed by atoms with van der Waals surface area (Å²) in [7, 11) is 0. The van der Waals surface area contributed by atoms with Crippen LogP contribution in [-0.4, -0.2) is 31.0 Å². The lowest BCUT2D eigenvalue weighted by atomic mass is 10.5. The number of hydrogen-bond acceptors (Lipinski definition) is 7.